The summed E-state index contributed by atoms with van der Waals surface area (Å²) in [5, 5.41) is 13.4. The fraction of sp³-hybridized carbons (Fsp3) is 0.194. The summed E-state index contributed by atoms with van der Waals surface area (Å²) < 4.78 is 7.03. The summed E-state index contributed by atoms with van der Waals surface area (Å²) in [6.07, 6.45) is 0. The average Bonchev–Trinajstić information content (AvgIpc) is 3.47. The highest BCUT2D eigenvalue weighted by atomic mass is 79.9. The summed E-state index contributed by atoms with van der Waals surface area (Å²) in [5.41, 5.74) is 1.47. The zero-order valence-corrected chi connectivity index (χ0v) is 27.1. The molecule has 1 aromatic heterocycles. The zero-order chi connectivity index (χ0) is 32.7. The van der Waals surface area contributed by atoms with Crippen molar-refractivity contribution < 1.29 is 28.8 Å². The van der Waals surface area contributed by atoms with Crippen LogP contribution in [0, 0.1) is 16.0 Å². The van der Waals surface area contributed by atoms with Crippen molar-refractivity contribution in [2.75, 3.05) is 16.8 Å². The molecule has 2 aliphatic heterocycles. The second-order valence-corrected chi connectivity index (χ2v) is 13.4. The van der Waals surface area contributed by atoms with E-state index >= 15 is 0 Å². The summed E-state index contributed by atoms with van der Waals surface area (Å²) in [6.45, 7) is 1.58. The molecule has 0 spiro atoms. The molecule has 46 heavy (non-hydrogen) atoms. The van der Waals surface area contributed by atoms with Gasteiger partial charge in [0.15, 0.2) is 0 Å². The Kier molecular flexibility index (Phi) is 8.63. The van der Waals surface area contributed by atoms with Gasteiger partial charge in [0.1, 0.15) is 11.8 Å². The van der Waals surface area contributed by atoms with Crippen LogP contribution in [0.4, 0.5) is 17.1 Å². The number of aromatic nitrogens is 1. The third kappa shape index (κ3) is 5.76. The van der Waals surface area contributed by atoms with Gasteiger partial charge in [0, 0.05) is 33.1 Å². The lowest BCUT2D eigenvalue weighted by molar-refractivity contribution is -0.384. The first kappa shape index (κ1) is 31.4. The largest absolute Gasteiger partial charge is 0.462 e. The highest BCUT2D eigenvalue weighted by Crippen LogP contribution is 2.54. The second kappa shape index (κ2) is 12.7. The topological polar surface area (TPSA) is 158 Å². The van der Waals surface area contributed by atoms with Gasteiger partial charge in [-0.1, -0.05) is 51.2 Å². The van der Waals surface area contributed by atoms with Crippen LogP contribution in [-0.4, -0.2) is 45.0 Å². The molecule has 0 aliphatic carbocycles. The fourth-order valence-electron chi connectivity index (χ4n) is 5.54. The Labute approximate surface area is 277 Å². The molecule has 4 aromatic rings. The smallest absolute Gasteiger partial charge is 0.338 e. The molecule has 3 heterocycles. The van der Waals surface area contributed by atoms with Crippen LogP contribution < -0.4 is 15.1 Å². The Morgan fingerprint density at radius 1 is 1.02 bits per heavy atom. The van der Waals surface area contributed by atoms with Crippen LogP contribution in [0.25, 0.3) is 0 Å². The number of amides is 3. The van der Waals surface area contributed by atoms with Crippen molar-refractivity contribution in [2.45, 2.75) is 29.7 Å². The minimum absolute atomic E-state index is 0.180. The number of thioether (sulfide) groups is 1. The van der Waals surface area contributed by atoms with E-state index in [1.807, 2.05) is 18.2 Å². The van der Waals surface area contributed by atoms with Crippen molar-refractivity contribution in [3.8, 4) is 0 Å². The molecule has 1 N–H and O–H groups in total. The Hall–Kier alpha value is -4.60. The number of fused-ring (bicyclic) bond motifs is 2. The summed E-state index contributed by atoms with van der Waals surface area (Å²) >= 11 is 5.46. The van der Waals surface area contributed by atoms with E-state index in [0.29, 0.717) is 26.7 Å². The predicted molar refractivity (Wildman–Crippen MR) is 174 cm³/mol. The molecule has 0 saturated carbocycles. The average molecular weight is 724 g/mol. The van der Waals surface area contributed by atoms with Gasteiger partial charge < -0.3 is 10.1 Å². The van der Waals surface area contributed by atoms with Gasteiger partial charge in [-0.2, -0.15) is 0 Å². The number of nitro groups is 1. The number of imide groups is 1. The molecular formula is C31H23BrN4O8S2. The van der Waals surface area contributed by atoms with Gasteiger partial charge in [-0.05, 0) is 61.0 Å². The lowest BCUT2D eigenvalue weighted by atomic mass is 9.83. The number of ether oxygens (including phenoxy) is 1. The highest BCUT2D eigenvalue weighted by molar-refractivity contribution is 9.10. The third-order valence-corrected chi connectivity index (χ3v) is 10.7. The number of esters is 1. The van der Waals surface area contributed by atoms with Gasteiger partial charge in [-0.3, -0.25) is 33.9 Å². The number of thiazole rings is 1. The summed E-state index contributed by atoms with van der Waals surface area (Å²) in [6, 6.07) is 18.6. The Balaban J connectivity index is 1.33. The number of hydrogen-bond donors (Lipinski definition) is 1. The van der Waals surface area contributed by atoms with Crippen molar-refractivity contribution in [1.29, 1.82) is 0 Å². The van der Waals surface area contributed by atoms with Crippen LogP contribution >= 0.6 is 39.0 Å². The minimum atomic E-state index is -0.919. The number of nitro benzene ring substituents is 1. The van der Waals surface area contributed by atoms with Crippen LogP contribution in [0.1, 0.15) is 33.6 Å². The van der Waals surface area contributed by atoms with E-state index in [4.69, 9.17) is 4.74 Å². The number of non-ortho nitro benzene ring substituents is 1. The quantitative estimate of drug-likeness (QED) is 0.112. The van der Waals surface area contributed by atoms with E-state index in [1.165, 1.54) is 41.0 Å². The standard InChI is InChI=1S/C31H23BrN4O8S2/c1-2-44-30(40)16-6-8-19(9-7-16)33-22(37)15-34-29-26(46-31(34)41)23(17-4-3-5-18(32)14-17)24-25(45-29)28(39)35(27(24)38)20-10-12-21(13-11-20)36(42)43/h3-14,23-25H,2,15H2,1H3,(H,33,37)/t23-,24-,25+/m0/s1. The van der Waals surface area contributed by atoms with Crippen LogP contribution in [0.2, 0.25) is 0 Å². The molecule has 2 aliphatic rings. The van der Waals surface area contributed by atoms with Crippen LogP contribution in [0.3, 0.4) is 0 Å². The van der Waals surface area contributed by atoms with E-state index in [1.54, 1.807) is 25.1 Å². The lowest BCUT2D eigenvalue weighted by Gasteiger charge is -2.30. The number of halogens is 1. The molecule has 0 bridgehead atoms. The van der Waals surface area contributed by atoms with Crippen molar-refractivity contribution in [3.63, 3.8) is 0 Å². The van der Waals surface area contributed by atoms with Gasteiger partial charge in [-0.25, -0.2) is 9.69 Å². The monoisotopic (exact) mass is 722 g/mol. The van der Waals surface area contributed by atoms with Crippen LogP contribution in [0.15, 0.2) is 87.1 Å². The van der Waals surface area contributed by atoms with Crippen LogP contribution in [-0.2, 0) is 25.7 Å². The molecule has 234 valence electrons. The van der Waals surface area contributed by atoms with E-state index < -0.39 is 50.6 Å². The van der Waals surface area contributed by atoms with Crippen molar-refractivity contribution in [1.82, 2.24) is 4.57 Å². The SMILES string of the molecule is CCOC(=O)c1ccc(NC(=O)Cn2c3c(sc2=O)[C@@H](c2cccc(Br)c2)[C@@H]2C(=O)N(c4ccc([N+](=O)[O-])cc4)C(=O)[C@@H]2S3)cc1. The maximum absolute atomic E-state index is 14.0. The van der Waals surface area contributed by atoms with Crippen molar-refractivity contribution in [3.05, 3.63) is 113 Å². The molecule has 0 unspecified atom stereocenters. The Bertz CT molecular complexity index is 1960. The third-order valence-electron chi connectivity index (χ3n) is 7.56. The molecule has 1 saturated heterocycles. The Morgan fingerprint density at radius 3 is 2.39 bits per heavy atom. The number of nitrogens with zero attached hydrogens (tertiary/aromatic N) is 3. The van der Waals surface area contributed by atoms with E-state index in [-0.39, 0.29) is 24.5 Å². The summed E-state index contributed by atoms with van der Waals surface area (Å²) in [5.74, 6) is -3.53. The predicted octanol–water partition coefficient (Wildman–Crippen LogP) is 5.19. The van der Waals surface area contributed by atoms with Gasteiger partial charge in [-0.15, -0.1) is 0 Å². The maximum Gasteiger partial charge on any atom is 0.338 e. The summed E-state index contributed by atoms with van der Waals surface area (Å²) in [7, 11) is 0. The second-order valence-electron chi connectivity index (χ2n) is 10.4. The fourth-order valence-corrected chi connectivity index (χ4v) is 8.73. The number of nitrogens with one attached hydrogen (secondary N) is 1. The number of benzene rings is 3. The number of hydrogen-bond acceptors (Lipinski definition) is 10. The first-order valence-corrected chi connectivity index (χ1v) is 16.4. The lowest BCUT2D eigenvalue weighted by Crippen LogP contribution is -2.33. The number of anilines is 2. The van der Waals surface area contributed by atoms with E-state index in [9.17, 15) is 34.1 Å². The van der Waals surface area contributed by atoms with Crippen molar-refractivity contribution >= 4 is 79.8 Å². The number of carbonyl (C=O) groups is 4. The van der Waals surface area contributed by atoms with Crippen LogP contribution in [0.5, 0.6) is 0 Å². The summed E-state index contributed by atoms with van der Waals surface area (Å²) in [4.78, 5) is 78.1. The van der Waals surface area contributed by atoms with Gasteiger partial charge in [0.05, 0.1) is 33.7 Å². The maximum atomic E-state index is 14.0. The molecule has 3 amide bonds. The van der Waals surface area contributed by atoms with Gasteiger partial charge in [0.2, 0.25) is 17.7 Å². The van der Waals surface area contributed by atoms with Gasteiger partial charge >= 0.3 is 10.8 Å². The Morgan fingerprint density at radius 2 is 1.74 bits per heavy atom. The van der Waals surface area contributed by atoms with E-state index in [2.05, 4.69) is 21.2 Å². The van der Waals surface area contributed by atoms with Crippen molar-refractivity contribution in [2.24, 2.45) is 5.92 Å². The molecule has 3 aromatic carbocycles. The zero-order valence-electron chi connectivity index (χ0n) is 23.9. The molecule has 15 heteroatoms. The van der Waals surface area contributed by atoms with E-state index in [0.717, 1.165) is 32.5 Å². The first-order chi connectivity index (χ1) is 22.1. The normalized spacial score (nSPS) is 18.6. The minimum Gasteiger partial charge on any atom is -0.462 e. The van der Waals surface area contributed by atoms with Gasteiger partial charge in [0.25, 0.3) is 5.69 Å². The highest BCUT2D eigenvalue weighted by Gasteiger charge is 2.56. The number of rotatable bonds is 8. The molecule has 1 fully saturated rings. The first-order valence-electron chi connectivity index (χ1n) is 13.9. The molecule has 6 rings (SSSR count). The molecule has 0 radical (unpaired) electrons. The molecule has 3 atom stereocenters. The molecular weight excluding hydrogens is 700 g/mol. The number of carbonyl (C=O) groups excluding carboxylic acids is 4. The molecule has 12 nitrogen and oxygen atoms in total.